The predicted octanol–water partition coefficient (Wildman–Crippen LogP) is 7.37. The van der Waals surface area contributed by atoms with Crippen molar-refractivity contribution in [3.8, 4) is 0 Å². The first-order valence-corrected chi connectivity index (χ1v) is 10.8. The van der Waals surface area contributed by atoms with Crippen LogP contribution >= 0.6 is 0 Å². The summed E-state index contributed by atoms with van der Waals surface area (Å²) >= 11 is 3.10. The van der Waals surface area contributed by atoms with Crippen molar-refractivity contribution >= 4 is 16.3 Å². The van der Waals surface area contributed by atoms with Crippen LogP contribution in [0.2, 0.25) is 4.78 Å². The highest BCUT2D eigenvalue weighted by atomic mass is 27.0. The smallest absolute Gasteiger partial charge is 0.107 e. The van der Waals surface area contributed by atoms with Crippen molar-refractivity contribution in [1.29, 1.82) is 0 Å². The van der Waals surface area contributed by atoms with E-state index in [0.29, 0.717) is 0 Å². The van der Waals surface area contributed by atoms with E-state index in [0.717, 1.165) is 4.78 Å². The zero-order valence-electron chi connectivity index (χ0n) is 14.6. The molecule has 1 saturated carbocycles. The van der Waals surface area contributed by atoms with Gasteiger partial charge < -0.3 is 0 Å². The summed E-state index contributed by atoms with van der Waals surface area (Å²) in [5, 5.41) is 0. The van der Waals surface area contributed by atoms with Crippen molar-refractivity contribution in [2.45, 2.75) is 127 Å². The van der Waals surface area contributed by atoms with Gasteiger partial charge in [0, 0.05) is 0 Å². The van der Waals surface area contributed by atoms with Crippen molar-refractivity contribution < 1.29 is 0 Å². The fourth-order valence-corrected chi connectivity index (χ4v) is 4.08. The monoisotopic (exact) mass is 306 g/mol. The second kappa shape index (κ2) is 15.4. The summed E-state index contributed by atoms with van der Waals surface area (Å²) in [4.78, 5) is 0. The molecule has 1 fully saturated rings. The minimum atomic E-state index is 0.899. The maximum atomic E-state index is 3.10. The fraction of sp³-hybridized carbons (Fsp3) is 1.00. The molecule has 122 valence electrons. The Kier molecular flexibility index (Phi) is 14.4. The van der Waals surface area contributed by atoms with E-state index in [-0.39, 0.29) is 0 Å². The molecule has 2 radical (unpaired) electrons. The SMILES string of the molecule is [Al][CH]1CCCCCCCCCCCCCCCCCCC1. The molecule has 0 aromatic rings. The number of rotatable bonds is 0. The highest BCUT2D eigenvalue weighted by Gasteiger charge is 2.02. The van der Waals surface area contributed by atoms with Crippen LogP contribution in [-0.2, 0) is 0 Å². The van der Waals surface area contributed by atoms with Crippen LogP contribution in [-0.4, -0.2) is 16.3 Å². The third-order valence-electron chi connectivity index (χ3n) is 5.15. The van der Waals surface area contributed by atoms with Crippen molar-refractivity contribution in [3.05, 3.63) is 0 Å². The normalized spacial score (nSPS) is 24.4. The molecule has 1 aliphatic carbocycles. The summed E-state index contributed by atoms with van der Waals surface area (Å²) in [5.74, 6) is 0. The molecular formula is C20H39Al. The van der Waals surface area contributed by atoms with E-state index < -0.39 is 0 Å². The largest absolute Gasteiger partial charge is 0.123 e. The third kappa shape index (κ3) is 13.9. The Morgan fingerprint density at radius 2 is 0.524 bits per heavy atom. The standard InChI is InChI=1S/C20H39.Al/c1-2-4-6-8-10-12-14-16-18-20-19-17-15-13-11-9-7-5-3-1;/h1H,2-20H2;. The van der Waals surface area contributed by atoms with Crippen molar-refractivity contribution in [2.75, 3.05) is 0 Å². The summed E-state index contributed by atoms with van der Waals surface area (Å²) in [6, 6.07) is 0. The highest BCUT2D eigenvalue weighted by molar-refractivity contribution is 6.11. The minimum absolute atomic E-state index is 0.899. The lowest BCUT2D eigenvalue weighted by Crippen LogP contribution is -1.94. The lowest BCUT2D eigenvalue weighted by molar-refractivity contribution is 0.504. The molecule has 0 spiro atoms. The van der Waals surface area contributed by atoms with Crippen LogP contribution in [0.1, 0.15) is 122 Å². The third-order valence-corrected chi connectivity index (χ3v) is 5.82. The molecule has 0 saturated heterocycles. The van der Waals surface area contributed by atoms with E-state index in [4.69, 9.17) is 0 Å². The zero-order chi connectivity index (χ0) is 15.0. The average Bonchev–Trinajstić information content (AvgIpc) is 2.48. The summed E-state index contributed by atoms with van der Waals surface area (Å²) < 4.78 is 0.899. The molecular weight excluding hydrogens is 267 g/mol. The minimum Gasteiger partial charge on any atom is -0.107 e. The molecule has 1 rings (SSSR count). The summed E-state index contributed by atoms with van der Waals surface area (Å²) in [5.41, 5.74) is 0. The average molecular weight is 307 g/mol. The van der Waals surface area contributed by atoms with Crippen molar-refractivity contribution in [3.63, 3.8) is 0 Å². The van der Waals surface area contributed by atoms with E-state index in [1.165, 1.54) is 122 Å². The van der Waals surface area contributed by atoms with Gasteiger partial charge in [0.2, 0.25) is 0 Å². The molecule has 0 bridgehead atoms. The molecule has 0 N–H and O–H groups in total. The van der Waals surface area contributed by atoms with E-state index in [2.05, 4.69) is 16.3 Å². The van der Waals surface area contributed by atoms with Crippen LogP contribution in [0.15, 0.2) is 0 Å². The Labute approximate surface area is 143 Å². The van der Waals surface area contributed by atoms with Gasteiger partial charge in [-0.25, -0.2) is 0 Å². The van der Waals surface area contributed by atoms with Gasteiger partial charge in [-0.3, -0.25) is 0 Å². The zero-order valence-corrected chi connectivity index (χ0v) is 15.7. The fourth-order valence-electron chi connectivity index (χ4n) is 3.61. The molecule has 0 unspecified atom stereocenters. The predicted molar refractivity (Wildman–Crippen MR) is 97.2 cm³/mol. The van der Waals surface area contributed by atoms with E-state index in [9.17, 15) is 0 Å². The van der Waals surface area contributed by atoms with Crippen molar-refractivity contribution in [1.82, 2.24) is 0 Å². The maximum Gasteiger partial charge on any atom is 0.123 e. The Hall–Kier alpha value is 0.532. The van der Waals surface area contributed by atoms with Gasteiger partial charge in [0.1, 0.15) is 16.3 Å². The Bertz CT molecular complexity index is 182. The van der Waals surface area contributed by atoms with Crippen LogP contribution in [0.4, 0.5) is 0 Å². The molecule has 0 aromatic carbocycles. The van der Waals surface area contributed by atoms with E-state index in [1.807, 2.05) is 0 Å². The number of hydrogen-bond acceptors (Lipinski definition) is 0. The Morgan fingerprint density at radius 3 is 0.762 bits per heavy atom. The summed E-state index contributed by atoms with van der Waals surface area (Å²) in [6.45, 7) is 0. The van der Waals surface area contributed by atoms with Gasteiger partial charge in [0.15, 0.2) is 0 Å². The second-order valence-electron chi connectivity index (χ2n) is 7.35. The summed E-state index contributed by atoms with van der Waals surface area (Å²) in [6.07, 6.45) is 28.2. The Morgan fingerprint density at radius 1 is 0.333 bits per heavy atom. The Balaban J connectivity index is 2.08. The maximum absolute atomic E-state index is 3.10. The molecule has 0 heterocycles. The van der Waals surface area contributed by atoms with Crippen LogP contribution in [0.3, 0.4) is 0 Å². The van der Waals surface area contributed by atoms with E-state index in [1.54, 1.807) is 0 Å². The molecule has 0 nitrogen and oxygen atoms in total. The topological polar surface area (TPSA) is 0 Å². The first kappa shape index (κ1) is 19.6. The van der Waals surface area contributed by atoms with Gasteiger partial charge in [0.25, 0.3) is 0 Å². The lowest BCUT2D eigenvalue weighted by atomic mass is 10.0. The van der Waals surface area contributed by atoms with Gasteiger partial charge in [-0.15, -0.1) is 4.78 Å². The van der Waals surface area contributed by atoms with Gasteiger partial charge >= 0.3 is 0 Å². The molecule has 0 amide bonds. The molecule has 0 aliphatic heterocycles. The first-order chi connectivity index (χ1) is 10.4. The van der Waals surface area contributed by atoms with Crippen molar-refractivity contribution in [2.24, 2.45) is 0 Å². The van der Waals surface area contributed by atoms with Crippen LogP contribution in [0.5, 0.6) is 0 Å². The van der Waals surface area contributed by atoms with E-state index >= 15 is 0 Å². The van der Waals surface area contributed by atoms with Crippen LogP contribution in [0.25, 0.3) is 0 Å². The van der Waals surface area contributed by atoms with Gasteiger partial charge in [-0.1, -0.05) is 122 Å². The van der Waals surface area contributed by atoms with Crippen LogP contribution < -0.4 is 0 Å². The quantitative estimate of drug-likeness (QED) is 0.410. The molecule has 0 aromatic heterocycles. The van der Waals surface area contributed by atoms with Gasteiger partial charge in [0.05, 0.1) is 0 Å². The van der Waals surface area contributed by atoms with Gasteiger partial charge in [-0.05, 0) is 0 Å². The molecule has 1 heteroatoms. The summed E-state index contributed by atoms with van der Waals surface area (Å²) in [7, 11) is 0. The highest BCUT2D eigenvalue weighted by Crippen LogP contribution is 2.21. The lowest BCUT2D eigenvalue weighted by Gasteiger charge is -2.12. The van der Waals surface area contributed by atoms with Crippen LogP contribution in [0, 0.1) is 0 Å². The second-order valence-corrected chi connectivity index (χ2v) is 8.29. The first-order valence-electron chi connectivity index (χ1n) is 10.1. The molecule has 21 heavy (non-hydrogen) atoms. The molecule has 1 aliphatic rings. The van der Waals surface area contributed by atoms with Gasteiger partial charge in [-0.2, -0.15) is 0 Å². The molecule has 0 atom stereocenters. The number of hydrogen-bond donors (Lipinski definition) is 0.